The number of aromatic nitrogens is 2. The van der Waals surface area contributed by atoms with Crippen LogP contribution in [0.5, 0.6) is 0 Å². The fourth-order valence-electron chi connectivity index (χ4n) is 2.93. The van der Waals surface area contributed by atoms with Crippen molar-refractivity contribution in [3.63, 3.8) is 0 Å². The SMILES string of the molecule is Cc1nc(S(=O)(=O)N2CCCN(C(=O)c3ccccc3F)CC2)cn1C. The summed E-state index contributed by atoms with van der Waals surface area (Å²) >= 11 is 0. The largest absolute Gasteiger partial charge is 0.337 e. The summed E-state index contributed by atoms with van der Waals surface area (Å²) in [6.45, 7) is 2.76. The van der Waals surface area contributed by atoms with E-state index in [-0.39, 0.29) is 23.7 Å². The van der Waals surface area contributed by atoms with Gasteiger partial charge in [-0.1, -0.05) is 12.1 Å². The highest BCUT2D eigenvalue weighted by Crippen LogP contribution is 2.18. The van der Waals surface area contributed by atoms with Gasteiger partial charge in [-0.3, -0.25) is 4.79 Å². The minimum Gasteiger partial charge on any atom is -0.337 e. The van der Waals surface area contributed by atoms with Crippen LogP contribution in [0, 0.1) is 12.7 Å². The number of amides is 1. The quantitative estimate of drug-likeness (QED) is 0.807. The van der Waals surface area contributed by atoms with Gasteiger partial charge >= 0.3 is 0 Å². The monoisotopic (exact) mass is 380 g/mol. The first-order valence-electron chi connectivity index (χ1n) is 8.34. The van der Waals surface area contributed by atoms with Gasteiger partial charge < -0.3 is 9.47 Å². The molecule has 0 saturated carbocycles. The van der Waals surface area contributed by atoms with Crippen molar-refractivity contribution in [2.24, 2.45) is 7.05 Å². The van der Waals surface area contributed by atoms with Crippen molar-refractivity contribution in [1.82, 2.24) is 18.8 Å². The molecule has 1 aliphatic heterocycles. The molecule has 140 valence electrons. The van der Waals surface area contributed by atoms with Gasteiger partial charge in [-0.05, 0) is 25.5 Å². The molecule has 0 N–H and O–H groups in total. The fraction of sp³-hybridized carbons (Fsp3) is 0.412. The van der Waals surface area contributed by atoms with Crippen LogP contribution in [-0.4, -0.2) is 59.3 Å². The molecular formula is C17H21FN4O3S. The maximum absolute atomic E-state index is 13.9. The van der Waals surface area contributed by atoms with E-state index in [1.54, 1.807) is 24.6 Å². The molecule has 0 atom stereocenters. The molecule has 9 heteroatoms. The zero-order chi connectivity index (χ0) is 18.9. The lowest BCUT2D eigenvalue weighted by atomic mass is 10.2. The Hall–Kier alpha value is -2.26. The van der Waals surface area contributed by atoms with Crippen molar-refractivity contribution in [2.75, 3.05) is 26.2 Å². The van der Waals surface area contributed by atoms with Crippen LogP contribution in [-0.2, 0) is 17.1 Å². The summed E-state index contributed by atoms with van der Waals surface area (Å²) in [5, 5.41) is 0.00591. The number of aryl methyl sites for hydroxylation is 2. The number of hydrogen-bond acceptors (Lipinski definition) is 4. The number of benzene rings is 1. The molecule has 3 rings (SSSR count). The van der Waals surface area contributed by atoms with Crippen LogP contribution in [0.15, 0.2) is 35.5 Å². The second-order valence-corrected chi connectivity index (χ2v) is 8.15. The van der Waals surface area contributed by atoms with Gasteiger partial charge in [0.15, 0.2) is 5.03 Å². The zero-order valence-electron chi connectivity index (χ0n) is 14.7. The summed E-state index contributed by atoms with van der Waals surface area (Å²) in [6, 6.07) is 5.81. The third-order valence-electron chi connectivity index (χ3n) is 4.54. The fourth-order valence-corrected chi connectivity index (χ4v) is 4.42. The molecule has 0 spiro atoms. The average Bonchev–Trinajstić information content (AvgIpc) is 2.82. The normalized spacial score (nSPS) is 16.5. The Kier molecular flexibility index (Phi) is 5.10. The van der Waals surface area contributed by atoms with Gasteiger partial charge in [0, 0.05) is 39.4 Å². The zero-order valence-corrected chi connectivity index (χ0v) is 15.5. The number of nitrogens with zero attached hydrogens (tertiary/aromatic N) is 4. The summed E-state index contributed by atoms with van der Waals surface area (Å²) < 4.78 is 42.4. The van der Waals surface area contributed by atoms with E-state index in [0.29, 0.717) is 25.3 Å². The molecule has 2 heterocycles. The van der Waals surface area contributed by atoms with Crippen LogP contribution < -0.4 is 0 Å². The first-order valence-corrected chi connectivity index (χ1v) is 9.78. The Morgan fingerprint density at radius 1 is 1.15 bits per heavy atom. The van der Waals surface area contributed by atoms with E-state index < -0.39 is 21.7 Å². The molecule has 0 aliphatic carbocycles. The van der Waals surface area contributed by atoms with Gasteiger partial charge in [0.25, 0.3) is 15.9 Å². The summed E-state index contributed by atoms with van der Waals surface area (Å²) in [6.07, 6.45) is 1.96. The molecular weight excluding hydrogens is 359 g/mol. The lowest BCUT2D eigenvalue weighted by Crippen LogP contribution is -2.37. The standard InChI is InChI=1S/C17H21FN4O3S/c1-13-19-16(12-20(13)2)26(24,25)22-9-5-8-21(10-11-22)17(23)14-6-3-4-7-15(14)18/h3-4,6-7,12H,5,8-11H2,1-2H3. The molecule has 0 bridgehead atoms. The molecule has 0 radical (unpaired) electrons. The van der Waals surface area contributed by atoms with E-state index in [0.717, 1.165) is 0 Å². The maximum atomic E-state index is 13.9. The third-order valence-corrected chi connectivity index (χ3v) is 6.31. The van der Waals surface area contributed by atoms with Crippen LogP contribution in [0.2, 0.25) is 0 Å². The van der Waals surface area contributed by atoms with Crippen LogP contribution in [0.4, 0.5) is 4.39 Å². The van der Waals surface area contributed by atoms with E-state index in [1.807, 2.05) is 0 Å². The number of rotatable bonds is 3. The first-order chi connectivity index (χ1) is 12.3. The number of carbonyl (C=O) groups excluding carboxylic acids is 1. The third kappa shape index (κ3) is 3.49. The van der Waals surface area contributed by atoms with Crippen molar-refractivity contribution in [2.45, 2.75) is 18.4 Å². The van der Waals surface area contributed by atoms with E-state index in [1.165, 1.54) is 33.6 Å². The maximum Gasteiger partial charge on any atom is 0.262 e. The molecule has 0 unspecified atom stereocenters. The van der Waals surface area contributed by atoms with Crippen LogP contribution in [0.25, 0.3) is 0 Å². The molecule has 26 heavy (non-hydrogen) atoms. The van der Waals surface area contributed by atoms with E-state index in [4.69, 9.17) is 0 Å². The predicted octanol–water partition coefficient (Wildman–Crippen LogP) is 1.40. The van der Waals surface area contributed by atoms with Gasteiger partial charge in [-0.15, -0.1) is 0 Å². The predicted molar refractivity (Wildman–Crippen MR) is 93.6 cm³/mol. The van der Waals surface area contributed by atoms with Crippen molar-refractivity contribution >= 4 is 15.9 Å². The van der Waals surface area contributed by atoms with E-state index >= 15 is 0 Å². The number of halogens is 1. The van der Waals surface area contributed by atoms with Crippen molar-refractivity contribution in [1.29, 1.82) is 0 Å². The lowest BCUT2D eigenvalue weighted by Gasteiger charge is -2.21. The first kappa shape index (κ1) is 18.5. The molecule has 1 saturated heterocycles. The molecule has 1 aromatic heterocycles. The van der Waals surface area contributed by atoms with E-state index in [2.05, 4.69) is 4.98 Å². The Bertz CT molecular complexity index is 906. The van der Waals surface area contributed by atoms with Crippen molar-refractivity contribution in [3.8, 4) is 0 Å². The Morgan fingerprint density at radius 2 is 1.88 bits per heavy atom. The summed E-state index contributed by atoms with van der Waals surface area (Å²) in [4.78, 5) is 18.2. The Balaban J connectivity index is 1.76. The van der Waals surface area contributed by atoms with Gasteiger partial charge in [0.1, 0.15) is 11.6 Å². The minimum atomic E-state index is -3.72. The topological polar surface area (TPSA) is 75.5 Å². The Labute approximate surface area is 152 Å². The summed E-state index contributed by atoms with van der Waals surface area (Å²) in [5.41, 5.74) is 0.00385. The minimum absolute atomic E-state index is 0.00385. The molecule has 1 aromatic carbocycles. The summed E-state index contributed by atoms with van der Waals surface area (Å²) in [7, 11) is -1.98. The van der Waals surface area contributed by atoms with Gasteiger partial charge in [0.05, 0.1) is 5.56 Å². The number of hydrogen-bond donors (Lipinski definition) is 0. The second kappa shape index (κ2) is 7.16. The molecule has 1 fully saturated rings. The van der Waals surface area contributed by atoms with Crippen molar-refractivity contribution < 1.29 is 17.6 Å². The van der Waals surface area contributed by atoms with Gasteiger partial charge in [0.2, 0.25) is 0 Å². The highest BCUT2D eigenvalue weighted by molar-refractivity contribution is 7.89. The van der Waals surface area contributed by atoms with E-state index in [9.17, 15) is 17.6 Å². The van der Waals surface area contributed by atoms with Crippen molar-refractivity contribution in [3.05, 3.63) is 47.7 Å². The van der Waals surface area contributed by atoms with Crippen LogP contribution in [0.3, 0.4) is 0 Å². The number of carbonyl (C=O) groups is 1. The lowest BCUT2D eigenvalue weighted by molar-refractivity contribution is 0.0759. The van der Waals surface area contributed by atoms with Gasteiger partial charge in [-0.2, -0.15) is 4.31 Å². The summed E-state index contributed by atoms with van der Waals surface area (Å²) in [5.74, 6) is -0.388. The Morgan fingerprint density at radius 3 is 2.54 bits per heavy atom. The molecule has 2 aromatic rings. The molecule has 1 amide bonds. The number of sulfonamides is 1. The molecule has 7 nitrogen and oxygen atoms in total. The van der Waals surface area contributed by atoms with Gasteiger partial charge in [-0.25, -0.2) is 17.8 Å². The second-order valence-electron chi connectivity index (χ2n) is 6.27. The highest BCUT2D eigenvalue weighted by atomic mass is 32.2. The average molecular weight is 380 g/mol. The molecule has 1 aliphatic rings. The smallest absolute Gasteiger partial charge is 0.262 e. The van der Waals surface area contributed by atoms with Crippen LogP contribution in [0.1, 0.15) is 22.6 Å². The van der Waals surface area contributed by atoms with Crippen LogP contribution >= 0.6 is 0 Å². The highest BCUT2D eigenvalue weighted by Gasteiger charge is 2.30. The number of imidazole rings is 1.